The molecule has 0 atom stereocenters. The van der Waals surface area contributed by atoms with E-state index in [0.29, 0.717) is 5.03 Å². The molecular weight excluding hydrogens is 225 g/mol. The Morgan fingerprint density at radius 3 is 2.60 bits per heavy atom. The minimum absolute atomic E-state index is 0.0940. The van der Waals surface area contributed by atoms with Gasteiger partial charge in [-0.05, 0) is 24.3 Å². The van der Waals surface area contributed by atoms with Crippen LogP contribution >= 0.6 is 11.8 Å². The minimum atomic E-state index is -4.36. The van der Waals surface area contributed by atoms with E-state index < -0.39 is 11.7 Å². The first kappa shape index (κ1) is 12.2. The van der Waals surface area contributed by atoms with Crippen molar-refractivity contribution in [1.82, 2.24) is 4.98 Å². The van der Waals surface area contributed by atoms with Gasteiger partial charge in [0.25, 0.3) is 0 Å². The third-order valence-electron chi connectivity index (χ3n) is 1.60. The van der Waals surface area contributed by atoms with Gasteiger partial charge in [0.15, 0.2) is 0 Å². The summed E-state index contributed by atoms with van der Waals surface area (Å²) in [7, 11) is 0. The van der Waals surface area contributed by atoms with Crippen LogP contribution in [0.25, 0.3) is 0 Å². The second-order valence-corrected chi connectivity index (χ2v) is 4.08. The summed E-state index contributed by atoms with van der Waals surface area (Å²) in [6, 6.07) is 1.87. The van der Waals surface area contributed by atoms with Crippen molar-refractivity contribution in [3.05, 3.63) is 17.7 Å². The number of nitrogens with zero attached hydrogens (tertiary/aromatic N) is 1. The normalized spacial score (nSPS) is 11.7. The quantitative estimate of drug-likeness (QED) is 0.819. The zero-order valence-electron chi connectivity index (χ0n) is 8.14. The fraction of sp³-hybridized carbons (Fsp3) is 0.444. The first-order valence-corrected chi connectivity index (χ1v) is 5.39. The van der Waals surface area contributed by atoms with Gasteiger partial charge in [0.1, 0.15) is 5.82 Å². The molecule has 1 aromatic rings. The van der Waals surface area contributed by atoms with Crippen LogP contribution in [0.3, 0.4) is 0 Å². The summed E-state index contributed by atoms with van der Waals surface area (Å²) in [4.78, 5) is 3.83. The maximum atomic E-state index is 12.4. The van der Waals surface area contributed by atoms with E-state index in [9.17, 15) is 13.2 Å². The van der Waals surface area contributed by atoms with Crippen molar-refractivity contribution < 1.29 is 13.2 Å². The number of thioether (sulfide) groups is 1. The molecule has 1 heterocycles. The molecule has 0 aliphatic heterocycles. The molecule has 0 aliphatic rings. The molecule has 2 nitrogen and oxygen atoms in total. The molecule has 0 saturated carbocycles. The number of rotatable bonds is 3. The number of anilines is 1. The van der Waals surface area contributed by atoms with E-state index >= 15 is 0 Å². The van der Waals surface area contributed by atoms with E-state index in [0.717, 1.165) is 24.3 Å². The average Bonchev–Trinajstić information content (AvgIpc) is 2.12. The predicted octanol–water partition coefficient (Wildman–Crippen LogP) is 3.18. The lowest BCUT2D eigenvalue weighted by molar-refractivity contribution is -0.137. The number of hydrogen-bond acceptors (Lipinski definition) is 3. The van der Waals surface area contributed by atoms with Gasteiger partial charge in [-0.1, -0.05) is 6.92 Å². The van der Waals surface area contributed by atoms with Crippen molar-refractivity contribution in [3.8, 4) is 0 Å². The third-order valence-corrected chi connectivity index (χ3v) is 2.72. The van der Waals surface area contributed by atoms with E-state index in [2.05, 4.69) is 4.98 Å². The van der Waals surface area contributed by atoms with Crippen LogP contribution in [0, 0.1) is 0 Å². The van der Waals surface area contributed by atoms with Crippen molar-refractivity contribution in [3.63, 3.8) is 0 Å². The van der Waals surface area contributed by atoms with Crippen LogP contribution in [0.5, 0.6) is 0 Å². The maximum Gasteiger partial charge on any atom is 0.416 e. The van der Waals surface area contributed by atoms with Crippen LogP contribution in [-0.2, 0) is 6.18 Å². The number of aromatic nitrogens is 1. The van der Waals surface area contributed by atoms with Gasteiger partial charge < -0.3 is 5.73 Å². The van der Waals surface area contributed by atoms with Gasteiger partial charge in [-0.15, -0.1) is 11.8 Å². The van der Waals surface area contributed by atoms with Crippen LogP contribution in [0.4, 0.5) is 19.0 Å². The standard InChI is InChI=1S/C9H11F3N2S/c1-2-3-15-8-5-6(9(10,11)12)4-7(13)14-8/h4-5H,2-3H2,1H3,(H2,13,14). The van der Waals surface area contributed by atoms with Crippen molar-refractivity contribution in [2.45, 2.75) is 24.5 Å². The summed E-state index contributed by atoms with van der Waals surface area (Å²) < 4.78 is 37.1. The second-order valence-electron chi connectivity index (χ2n) is 2.97. The number of pyridine rings is 1. The summed E-state index contributed by atoms with van der Waals surface area (Å²) in [5, 5.41) is 0.323. The van der Waals surface area contributed by atoms with Crippen LogP contribution in [0.1, 0.15) is 18.9 Å². The minimum Gasteiger partial charge on any atom is -0.384 e. The number of alkyl halides is 3. The molecule has 15 heavy (non-hydrogen) atoms. The number of nitrogens with two attached hydrogens (primary N) is 1. The number of hydrogen-bond donors (Lipinski definition) is 1. The topological polar surface area (TPSA) is 38.9 Å². The average molecular weight is 236 g/mol. The van der Waals surface area contributed by atoms with Gasteiger partial charge in [0, 0.05) is 0 Å². The first-order chi connectivity index (χ1) is 6.93. The molecular formula is C9H11F3N2S. The van der Waals surface area contributed by atoms with Gasteiger partial charge in [0.2, 0.25) is 0 Å². The van der Waals surface area contributed by atoms with Crippen molar-refractivity contribution >= 4 is 17.6 Å². The molecule has 1 aromatic heterocycles. The lowest BCUT2D eigenvalue weighted by Crippen LogP contribution is -2.07. The largest absolute Gasteiger partial charge is 0.416 e. The molecule has 0 fully saturated rings. The van der Waals surface area contributed by atoms with E-state index in [1.807, 2.05) is 6.92 Å². The van der Waals surface area contributed by atoms with Gasteiger partial charge >= 0.3 is 6.18 Å². The molecule has 0 saturated heterocycles. The first-order valence-electron chi connectivity index (χ1n) is 4.41. The smallest absolute Gasteiger partial charge is 0.384 e. The SMILES string of the molecule is CCCSc1cc(C(F)(F)F)cc(N)n1. The summed E-state index contributed by atoms with van der Waals surface area (Å²) >= 11 is 1.27. The number of nitrogen functional groups attached to an aromatic ring is 1. The Bertz CT molecular complexity index is 339. The monoisotopic (exact) mass is 236 g/mol. The number of halogens is 3. The second kappa shape index (κ2) is 4.74. The van der Waals surface area contributed by atoms with Crippen LogP contribution in [0.15, 0.2) is 17.2 Å². The molecule has 0 bridgehead atoms. The van der Waals surface area contributed by atoms with Crippen LogP contribution in [0.2, 0.25) is 0 Å². The Morgan fingerprint density at radius 1 is 1.40 bits per heavy atom. The Morgan fingerprint density at radius 2 is 2.07 bits per heavy atom. The Hall–Kier alpha value is -0.910. The predicted molar refractivity (Wildman–Crippen MR) is 54.7 cm³/mol. The Kier molecular flexibility index (Phi) is 3.84. The highest BCUT2D eigenvalue weighted by molar-refractivity contribution is 7.99. The van der Waals surface area contributed by atoms with Gasteiger partial charge in [-0.25, -0.2) is 4.98 Å². The highest BCUT2D eigenvalue weighted by atomic mass is 32.2. The summed E-state index contributed by atoms with van der Waals surface area (Å²) in [5.41, 5.74) is 4.56. The van der Waals surface area contributed by atoms with E-state index in [1.165, 1.54) is 11.8 Å². The lowest BCUT2D eigenvalue weighted by Gasteiger charge is -2.09. The van der Waals surface area contributed by atoms with E-state index in [1.54, 1.807) is 0 Å². The molecule has 1 rings (SSSR count). The van der Waals surface area contributed by atoms with Crippen molar-refractivity contribution in [2.75, 3.05) is 11.5 Å². The molecule has 0 aliphatic carbocycles. The third kappa shape index (κ3) is 3.62. The Labute approximate surface area is 90.1 Å². The van der Waals surface area contributed by atoms with Gasteiger partial charge in [-0.2, -0.15) is 13.2 Å². The molecule has 0 amide bonds. The summed E-state index contributed by atoms with van der Waals surface area (Å²) in [5.74, 6) is 0.636. The molecule has 0 radical (unpaired) electrons. The van der Waals surface area contributed by atoms with E-state index in [-0.39, 0.29) is 5.82 Å². The van der Waals surface area contributed by atoms with Crippen molar-refractivity contribution in [1.29, 1.82) is 0 Å². The van der Waals surface area contributed by atoms with Crippen molar-refractivity contribution in [2.24, 2.45) is 0 Å². The lowest BCUT2D eigenvalue weighted by atomic mass is 10.2. The summed E-state index contributed by atoms with van der Waals surface area (Å²) in [6.45, 7) is 1.95. The Balaban J connectivity index is 2.95. The molecule has 6 heteroatoms. The van der Waals surface area contributed by atoms with Gasteiger partial charge in [0.05, 0.1) is 10.6 Å². The highest BCUT2D eigenvalue weighted by Crippen LogP contribution is 2.32. The summed E-state index contributed by atoms with van der Waals surface area (Å²) in [6.07, 6.45) is -3.49. The molecule has 0 spiro atoms. The molecule has 2 N–H and O–H groups in total. The fourth-order valence-electron chi connectivity index (χ4n) is 0.970. The maximum absolute atomic E-state index is 12.4. The van der Waals surface area contributed by atoms with Crippen LogP contribution in [-0.4, -0.2) is 10.7 Å². The highest BCUT2D eigenvalue weighted by Gasteiger charge is 2.31. The van der Waals surface area contributed by atoms with Gasteiger partial charge in [-0.3, -0.25) is 0 Å². The zero-order valence-corrected chi connectivity index (χ0v) is 8.95. The van der Waals surface area contributed by atoms with E-state index in [4.69, 9.17) is 5.73 Å². The fourth-order valence-corrected chi connectivity index (χ4v) is 1.76. The molecule has 0 unspecified atom stereocenters. The van der Waals surface area contributed by atoms with Crippen LogP contribution < -0.4 is 5.73 Å². The molecule has 0 aromatic carbocycles. The molecule has 84 valence electrons. The zero-order chi connectivity index (χ0) is 11.5.